The Balaban J connectivity index is 1.45. The maximum Gasteiger partial charge on any atom is 0.260 e. The van der Waals surface area contributed by atoms with Crippen LogP contribution in [0.15, 0.2) is 36.4 Å². The lowest BCUT2D eigenvalue weighted by molar-refractivity contribution is 0.0953. The van der Waals surface area contributed by atoms with Crippen molar-refractivity contribution in [2.24, 2.45) is 0 Å². The standard InChI is InChI=1S/C26H31FN6O2/c1-31-11-13-32(14-12-31)17-18-5-8-23-22(15-18)29-26-30-25(35)20-16-19(6-7-21(20)27)24(34)28-9-3-2-4-10-33(23)26/h5-8,15-16H,2-4,9-14,17H2,1H3,(H,28,34)(H,29,30,35). The van der Waals surface area contributed by atoms with E-state index in [4.69, 9.17) is 4.98 Å². The first-order chi connectivity index (χ1) is 17.0. The molecule has 0 spiro atoms. The summed E-state index contributed by atoms with van der Waals surface area (Å²) in [5.74, 6) is -1.21. The predicted molar refractivity (Wildman–Crippen MR) is 133 cm³/mol. The van der Waals surface area contributed by atoms with Crippen LogP contribution in [0.25, 0.3) is 11.0 Å². The largest absolute Gasteiger partial charge is 0.352 e. The number of aryl methyl sites for hydroxylation is 1. The number of carbonyl (C=O) groups excluding carboxylic acids is 2. The maximum atomic E-state index is 14.5. The van der Waals surface area contributed by atoms with Gasteiger partial charge in [-0.1, -0.05) is 6.07 Å². The number of anilines is 1. The van der Waals surface area contributed by atoms with E-state index in [0.29, 0.717) is 19.0 Å². The number of aromatic nitrogens is 2. The minimum absolute atomic E-state index is 0.177. The molecule has 184 valence electrons. The number of fused-ring (bicyclic) bond motifs is 5. The van der Waals surface area contributed by atoms with E-state index >= 15 is 0 Å². The van der Waals surface area contributed by atoms with Crippen molar-refractivity contribution >= 4 is 28.8 Å². The quantitative estimate of drug-likeness (QED) is 0.592. The number of hydrogen-bond donors (Lipinski definition) is 2. The molecule has 0 saturated carbocycles. The zero-order chi connectivity index (χ0) is 24.4. The number of likely N-dealkylation sites (N-methyl/N-ethyl adjacent to an activating group) is 1. The third-order valence-electron chi connectivity index (χ3n) is 6.86. The fraction of sp³-hybridized carbons (Fsp3) is 0.423. The SMILES string of the molecule is CN1CCN(Cc2ccc3c(c2)nc2n3CCCCCNC(=O)c3ccc(F)c(c3)C(=O)N2)CC1. The molecule has 2 aromatic carbocycles. The number of carbonyl (C=O) groups is 2. The Labute approximate surface area is 204 Å². The van der Waals surface area contributed by atoms with Crippen molar-refractivity contribution in [3.8, 4) is 0 Å². The van der Waals surface area contributed by atoms with Gasteiger partial charge in [0.2, 0.25) is 5.95 Å². The fourth-order valence-corrected chi connectivity index (χ4v) is 4.74. The van der Waals surface area contributed by atoms with E-state index in [1.165, 1.54) is 17.7 Å². The molecule has 3 aromatic rings. The zero-order valence-electron chi connectivity index (χ0n) is 20.0. The average Bonchev–Trinajstić information content (AvgIpc) is 3.18. The molecule has 0 atom stereocenters. The molecule has 2 amide bonds. The van der Waals surface area contributed by atoms with E-state index in [1.807, 2.05) is 4.57 Å². The van der Waals surface area contributed by atoms with Crippen molar-refractivity contribution in [1.29, 1.82) is 0 Å². The molecular weight excluding hydrogens is 447 g/mol. The molecular formula is C26H31FN6O2. The summed E-state index contributed by atoms with van der Waals surface area (Å²) in [5.41, 5.74) is 3.01. The molecule has 35 heavy (non-hydrogen) atoms. The van der Waals surface area contributed by atoms with Gasteiger partial charge in [-0.2, -0.15) is 0 Å². The zero-order valence-corrected chi connectivity index (χ0v) is 20.0. The van der Waals surface area contributed by atoms with E-state index in [0.717, 1.165) is 69.1 Å². The summed E-state index contributed by atoms with van der Waals surface area (Å²) in [6.07, 6.45) is 2.62. The van der Waals surface area contributed by atoms with Crippen molar-refractivity contribution in [1.82, 2.24) is 24.7 Å². The summed E-state index contributed by atoms with van der Waals surface area (Å²) in [4.78, 5) is 34.9. The van der Waals surface area contributed by atoms with Crippen LogP contribution in [-0.2, 0) is 13.1 Å². The number of halogens is 1. The Morgan fingerprint density at radius 3 is 2.60 bits per heavy atom. The van der Waals surface area contributed by atoms with E-state index in [2.05, 4.69) is 45.7 Å². The summed E-state index contributed by atoms with van der Waals surface area (Å²) in [6, 6.07) is 10.1. The van der Waals surface area contributed by atoms with Crippen LogP contribution in [0.3, 0.4) is 0 Å². The first kappa shape index (κ1) is 23.4. The molecule has 1 aromatic heterocycles. The molecule has 3 heterocycles. The fourth-order valence-electron chi connectivity index (χ4n) is 4.74. The van der Waals surface area contributed by atoms with Crippen LogP contribution in [0.4, 0.5) is 10.3 Å². The number of nitrogens with one attached hydrogen (secondary N) is 2. The van der Waals surface area contributed by atoms with Gasteiger partial charge < -0.3 is 14.8 Å². The van der Waals surface area contributed by atoms with Crippen LogP contribution in [0, 0.1) is 5.82 Å². The Kier molecular flexibility index (Phi) is 6.79. The van der Waals surface area contributed by atoms with Crippen molar-refractivity contribution < 1.29 is 14.0 Å². The van der Waals surface area contributed by atoms with E-state index < -0.39 is 11.7 Å². The molecule has 1 saturated heterocycles. The van der Waals surface area contributed by atoms with Gasteiger partial charge in [-0.05, 0) is 62.2 Å². The van der Waals surface area contributed by atoms with E-state index in [-0.39, 0.29) is 17.0 Å². The van der Waals surface area contributed by atoms with Gasteiger partial charge in [0, 0.05) is 51.4 Å². The third-order valence-corrected chi connectivity index (χ3v) is 6.86. The van der Waals surface area contributed by atoms with Crippen LogP contribution < -0.4 is 10.6 Å². The lowest BCUT2D eigenvalue weighted by Crippen LogP contribution is -2.43. The van der Waals surface area contributed by atoms with Gasteiger partial charge in [0.1, 0.15) is 5.82 Å². The third kappa shape index (κ3) is 5.21. The molecule has 2 aliphatic rings. The van der Waals surface area contributed by atoms with Gasteiger partial charge in [-0.3, -0.25) is 19.8 Å². The van der Waals surface area contributed by atoms with Gasteiger partial charge in [0.05, 0.1) is 16.6 Å². The van der Waals surface area contributed by atoms with E-state index in [1.54, 1.807) is 0 Å². The second kappa shape index (κ2) is 10.1. The Morgan fingerprint density at radius 2 is 1.77 bits per heavy atom. The van der Waals surface area contributed by atoms with Crippen molar-refractivity contribution in [2.75, 3.05) is 45.1 Å². The van der Waals surface area contributed by atoms with Crippen LogP contribution in [0.1, 0.15) is 45.5 Å². The molecule has 0 aliphatic carbocycles. The molecule has 0 radical (unpaired) electrons. The van der Waals surface area contributed by atoms with Crippen molar-refractivity contribution in [3.05, 3.63) is 58.9 Å². The van der Waals surface area contributed by atoms with E-state index in [9.17, 15) is 14.0 Å². The lowest BCUT2D eigenvalue weighted by Gasteiger charge is -2.32. The monoisotopic (exact) mass is 478 g/mol. The van der Waals surface area contributed by atoms with Crippen LogP contribution >= 0.6 is 0 Å². The predicted octanol–water partition coefficient (Wildman–Crippen LogP) is 3.09. The Bertz CT molecular complexity index is 1250. The molecule has 8 nitrogen and oxygen atoms in total. The molecule has 2 N–H and O–H groups in total. The summed E-state index contributed by atoms with van der Waals surface area (Å²) >= 11 is 0. The first-order valence-electron chi connectivity index (χ1n) is 12.3. The van der Waals surface area contributed by atoms with Gasteiger partial charge in [-0.25, -0.2) is 9.37 Å². The molecule has 2 aliphatic heterocycles. The molecule has 0 unspecified atom stereocenters. The number of hydrogen-bond acceptors (Lipinski definition) is 5. The Morgan fingerprint density at radius 1 is 0.943 bits per heavy atom. The Hall–Kier alpha value is -3.30. The first-order valence-corrected chi connectivity index (χ1v) is 12.3. The number of imidazole rings is 1. The summed E-state index contributed by atoms with van der Waals surface area (Å²) < 4.78 is 16.5. The number of nitrogens with zero attached hydrogens (tertiary/aromatic N) is 4. The molecule has 5 rings (SSSR count). The second-order valence-electron chi connectivity index (χ2n) is 9.45. The van der Waals surface area contributed by atoms with Gasteiger partial charge in [0.15, 0.2) is 0 Å². The average molecular weight is 479 g/mol. The van der Waals surface area contributed by atoms with Crippen molar-refractivity contribution in [3.63, 3.8) is 0 Å². The topological polar surface area (TPSA) is 82.5 Å². The molecule has 2 bridgehead atoms. The minimum Gasteiger partial charge on any atom is -0.352 e. The highest BCUT2D eigenvalue weighted by Crippen LogP contribution is 2.24. The lowest BCUT2D eigenvalue weighted by atomic mass is 10.1. The second-order valence-corrected chi connectivity index (χ2v) is 9.45. The molecule has 1 fully saturated rings. The highest BCUT2D eigenvalue weighted by Gasteiger charge is 2.20. The number of piperazine rings is 1. The normalized spacial score (nSPS) is 18.6. The molecule has 9 heteroatoms. The maximum absolute atomic E-state index is 14.5. The summed E-state index contributed by atoms with van der Waals surface area (Å²) in [6.45, 7) is 6.25. The van der Waals surface area contributed by atoms with Gasteiger partial charge in [-0.15, -0.1) is 0 Å². The van der Waals surface area contributed by atoms with Crippen LogP contribution in [0.5, 0.6) is 0 Å². The number of amides is 2. The van der Waals surface area contributed by atoms with Gasteiger partial charge >= 0.3 is 0 Å². The van der Waals surface area contributed by atoms with Crippen LogP contribution in [-0.4, -0.2) is 70.9 Å². The van der Waals surface area contributed by atoms with Gasteiger partial charge in [0.25, 0.3) is 11.8 Å². The summed E-state index contributed by atoms with van der Waals surface area (Å²) in [5, 5.41) is 5.65. The highest BCUT2D eigenvalue weighted by atomic mass is 19.1. The summed E-state index contributed by atoms with van der Waals surface area (Å²) in [7, 11) is 2.15. The smallest absolute Gasteiger partial charge is 0.260 e. The minimum atomic E-state index is -0.678. The van der Waals surface area contributed by atoms with Crippen molar-refractivity contribution in [2.45, 2.75) is 32.4 Å². The van der Waals surface area contributed by atoms with Crippen LogP contribution in [0.2, 0.25) is 0 Å². The highest BCUT2D eigenvalue weighted by molar-refractivity contribution is 6.06. The number of rotatable bonds is 2. The number of benzene rings is 2.